The molecule has 1 aliphatic carbocycles. The van der Waals surface area contributed by atoms with E-state index in [0.29, 0.717) is 48.6 Å². The minimum absolute atomic E-state index is 0.190. The number of nitrogens with one attached hydrogen (secondary N) is 3. The van der Waals surface area contributed by atoms with Crippen LogP contribution >= 0.6 is 0 Å². The standard InChI is InChI=1S/C34H41N3O6/c1-20(2)16-28(34(40)35-19-22-10-8-7-9-11-22)37-27-15-13-24-25(18-29(27)39)26(36-21(3)38)14-12-23-17-30(41-4)32(42-5)33(43-6)31(23)24/h7-11,13,15,17-18,20,26,28H,12,14,16,19H2,1-6H3,(H,35,40)(H,36,38)(H,37,39)/t26-,28-/m0/s1. The molecule has 0 spiro atoms. The third-order valence-electron chi connectivity index (χ3n) is 7.58. The van der Waals surface area contributed by atoms with Crippen LogP contribution in [-0.2, 0) is 22.6 Å². The summed E-state index contributed by atoms with van der Waals surface area (Å²) < 4.78 is 17.1. The van der Waals surface area contributed by atoms with Crippen molar-refractivity contribution in [2.24, 2.45) is 5.92 Å². The Kier molecular flexibility index (Phi) is 10.3. The van der Waals surface area contributed by atoms with Gasteiger partial charge in [-0.15, -0.1) is 0 Å². The lowest BCUT2D eigenvalue weighted by Gasteiger charge is -2.20. The largest absolute Gasteiger partial charge is 0.493 e. The summed E-state index contributed by atoms with van der Waals surface area (Å²) in [5.41, 5.74) is 4.08. The first-order valence-corrected chi connectivity index (χ1v) is 14.5. The summed E-state index contributed by atoms with van der Waals surface area (Å²) in [7, 11) is 4.68. The van der Waals surface area contributed by atoms with Gasteiger partial charge in [0.15, 0.2) is 11.5 Å². The summed E-state index contributed by atoms with van der Waals surface area (Å²) in [6, 6.07) is 15.7. The number of ether oxygens (including phenoxy) is 3. The molecule has 228 valence electrons. The zero-order valence-corrected chi connectivity index (χ0v) is 25.7. The zero-order chi connectivity index (χ0) is 31.1. The van der Waals surface area contributed by atoms with Crippen molar-refractivity contribution in [3.8, 4) is 28.4 Å². The molecular weight excluding hydrogens is 546 g/mol. The third kappa shape index (κ3) is 7.28. The van der Waals surface area contributed by atoms with Crippen LogP contribution in [0.25, 0.3) is 11.1 Å². The van der Waals surface area contributed by atoms with Gasteiger partial charge in [-0.2, -0.15) is 0 Å². The molecule has 0 saturated heterocycles. The second-order valence-electron chi connectivity index (χ2n) is 11.1. The Balaban J connectivity index is 1.81. The summed E-state index contributed by atoms with van der Waals surface area (Å²) >= 11 is 0. The molecule has 1 aliphatic rings. The third-order valence-corrected chi connectivity index (χ3v) is 7.58. The average molecular weight is 588 g/mol. The van der Waals surface area contributed by atoms with Crippen LogP contribution in [0.15, 0.2) is 59.4 Å². The molecule has 0 unspecified atom stereocenters. The summed E-state index contributed by atoms with van der Waals surface area (Å²) in [6.45, 7) is 5.92. The van der Waals surface area contributed by atoms with Gasteiger partial charge in [-0.1, -0.05) is 50.2 Å². The number of hydrogen-bond acceptors (Lipinski definition) is 7. The second-order valence-corrected chi connectivity index (χ2v) is 11.1. The van der Waals surface area contributed by atoms with E-state index in [2.05, 4.69) is 16.0 Å². The highest BCUT2D eigenvalue weighted by Gasteiger charge is 2.30. The average Bonchev–Trinajstić information content (AvgIpc) is 3.23. The van der Waals surface area contributed by atoms with Crippen LogP contribution in [0.4, 0.5) is 5.69 Å². The fraction of sp³-hybridized carbons (Fsp3) is 0.382. The predicted octanol–water partition coefficient (Wildman–Crippen LogP) is 5.01. The lowest BCUT2D eigenvalue weighted by molar-refractivity contribution is -0.122. The van der Waals surface area contributed by atoms with E-state index in [-0.39, 0.29) is 28.8 Å². The van der Waals surface area contributed by atoms with Crippen molar-refractivity contribution in [1.82, 2.24) is 10.6 Å². The molecule has 2 atom stereocenters. The van der Waals surface area contributed by atoms with Crippen molar-refractivity contribution in [2.45, 2.75) is 58.7 Å². The van der Waals surface area contributed by atoms with Crippen LogP contribution in [0.3, 0.4) is 0 Å². The van der Waals surface area contributed by atoms with E-state index in [9.17, 15) is 14.4 Å². The fourth-order valence-corrected chi connectivity index (χ4v) is 5.63. The maximum Gasteiger partial charge on any atom is 0.242 e. The van der Waals surface area contributed by atoms with Crippen LogP contribution in [0.5, 0.6) is 17.2 Å². The van der Waals surface area contributed by atoms with Crippen LogP contribution in [0.1, 0.15) is 56.3 Å². The Bertz CT molecular complexity index is 1520. The normalized spacial score (nSPS) is 14.4. The van der Waals surface area contributed by atoms with E-state index in [4.69, 9.17) is 14.2 Å². The quantitative estimate of drug-likeness (QED) is 0.289. The predicted molar refractivity (Wildman–Crippen MR) is 168 cm³/mol. The van der Waals surface area contributed by atoms with Crippen molar-refractivity contribution in [1.29, 1.82) is 0 Å². The van der Waals surface area contributed by atoms with Gasteiger partial charge < -0.3 is 30.2 Å². The van der Waals surface area contributed by atoms with Gasteiger partial charge in [-0.3, -0.25) is 14.4 Å². The number of carbonyl (C=O) groups excluding carboxylic acids is 2. The van der Waals surface area contributed by atoms with E-state index >= 15 is 0 Å². The molecule has 9 heteroatoms. The van der Waals surface area contributed by atoms with E-state index in [0.717, 1.165) is 22.3 Å². The molecule has 4 rings (SSSR count). The highest BCUT2D eigenvalue weighted by Crippen LogP contribution is 2.50. The molecule has 3 aromatic carbocycles. The minimum Gasteiger partial charge on any atom is -0.493 e. The van der Waals surface area contributed by atoms with E-state index < -0.39 is 12.1 Å². The maximum absolute atomic E-state index is 13.8. The number of hydrogen-bond donors (Lipinski definition) is 3. The molecule has 0 heterocycles. The van der Waals surface area contributed by atoms with Gasteiger partial charge in [0.2, 0.25) is 23.0 Å². The van der Waals surface area contributed by atoms with Crippen molar-refractivity contribution < 1.29 is 23.8 Å². The topological polar surface area (TPSA) is 115 Å². The first-order valence-electron chi connectivity index (χ1n) is 14.5. The molecule has 0 fully saturated rings. The number of amides is 2. The molecule has 0 aliphatic heterocycles. The van der Waals surface area contributed by atoms with Gasteiger partial charge in [0.1, 0.15) is 6.04 Å². The molecule has 9 nitrogen and oxygen atoms in total. The second kappa shape index (κ2) is 14.1. The highest BCUT2D eigenvalue weighted by molar-refractivity contribution is 5.86. The van der Waals surface area contributed by atoms with Crippen LogP contribution in [0, 0.1) is 5.92 Å². The van der Waals surface area contributed by atoms with Gasteiger partial charge in [-0.25, -0.2) is 0 Å². The van der Waals surface area contributed by atoms with E-state index in [1.807, 2.05) is 56.3 Å². The number of anilines is 1. The Morgan fingerprint density at radius 3 is 2.30 bits per heavy atom. The maximum atomic E-state index is 13.8. The molecule has 0 saturated carbocycles. The summed E-state index contributed by atoms with van der Waals surface area (Å²) in [4.78, 5) is 39.3. The van der Waals surface area contributed by atoms with Crippen molar-refractivity contribution >= 4 is 17.5 Å². The molecule has 3 N–H and O–H groups in total. The number of carbonyl (C=O) groups is 2. The van der Waals surface area contributed by atoms with E-state index in [1.165, 1.54) is 6.92 Å². The Morgan fingerprint density at radius 2 is 1.67 bits per heavy atom. The van der Waals surface area contributed by atoms with Crippen LogP contribution < -0.4 is 35.6 Å². The van der Waals surface area contributed by atoms with Crippen molar-refractivity contribution in [3.05, 3.63) is 81.5 Å². The summed E-state index contributed by atoms with van der Waals surface area (Å²) in [5.74, 6) is 1.26. The monoisotopic (exact) mass is 587 g/mol. The van der Waals surface area contributed by atoms with Gasteiger partial charge in [0.25, 0.3) is 0 Å². The molecule has 2 amide bonds. The molecule has 0 aromatic heterocycles. The minimum atomic E-state index is -0.629. The molecule has 43 heavy (non-hydrogen) atoms. The Hall–Kier alpha value is -4.53. The summed E-state index contributed by atoms with van der Waals surface area (Å²) in [6.07, 6.45) is 1.69. The Morgan fingerprint density at radius 1 is 0.953 bits per heavy atom. The molecule has 3 aromatic rings. The lowest BCUT2D eigenvalue weighted by atomic mass is 9.95. The number of rotatable bonds is 11. The van der Waals surface area contributed by atoms with Crippen LogP contribution in [-0.4, -0.2) is 39.2 Å². The Labute approximate surface area is 252 Å². The summed E-state index contributed by atoms with van der Waals surface area (Å²) in [5, 5.41) is 9.26. The van der Waals surface area contributed by atoms with Gasteiger partial charge in [-0.05, 0) is 65.6 Å². The number of fused-ring (bicyclic) bond motifs is 3. The zero-order valence-electron chi connectivity index (χ0n) is 25.7. The number of benzene rings is 2. The van der Waals surface area contributed by atoms with Gasteiger partial charge in [0, 0.05) is 19.0 Å². The van der Waals surface area contributed by atoms with Gasteiger partial charge >= 0.3 is 0 Å². The van der Waals surface area contributed by atoms with Crippen molar-refractivity contribution in [2.75, 3.05) is 26.6 Å². The first kappa shape index (κ1) is 31.4. The SMILES string of the molecule is COc1cc2c(c(OC)c1OC)-c1ccc(N[C@@H](CC(C)C)C(=O)NCc3ccccc3)c(=O)cc1[C@@H](NC(C)=O)CC2. The smallest absolute Gasteiger partial charge is 0.242 e. The fourth-order valence-electron chi connectivity index (χ4n) is 5.63. The first-order chi connectivity index (χ1) is 20.7. The lowest BCUT2D eigenvalue weighted by Crippen LogP contribution is -2.41. The molecule has 0 radical (unpaired) electrons. The molecule has 0 bridgehead atoms. The number of methoxy groups -OCH3 is 3. The highest BCUT2D eigenvalue weighted by atomic mass is 16.5. The van der Waals surface area contributed by atoms with Crippen LogP contribution in [0.2, 0.25) is 0 Å². The molecular formula is C34H41N3O6. The van der Waals surface area contributed by atoms with Crippen molar-refractivity contribution in [3.63, 3.8) is 0 Å². The van der Waals surface area contributed by atoms with E-state index in [1.54, 1.807) is 33.5 Å². The van der Waals surface area contributed by atoms with Gasteiger partial charge in [0.05, 0.1) is 33.1 Å². The number of aryl methyl sites for hydroxylation is 1.